The van der Waals surface area contributed by atoms with Crippen LogP contribution in [0.25, 0.3) is 0 Å². The number of halogens is 1. The Kier molecular flexibility index (Phi) is 5.62. The molecule has 2 saturated heterocycles. The van der Waals surface area contributed by atoms with Gasteiger partial charge in [-0.25, -0.2) is 4.39 Å². The number of nitrogens with zero attached hydrogens (tertiary/aromatic N) is 1. The molecule has 1 unspecified atom stereocenters. The second-order valence-electron chi connectivity index (χ2n) is 6.41. The molecule has 1 amide bonds. The molecule has 2 heterocycles. The number of benzene rings is 1. The molecule has 0 bridgehead atoms. The van der Waals surface area contributed by atoms with Crippen LogP contribution in [0.2, 0.25) is 0 Å². The SMILES string of the molecule is O=C(NCC(c1ccccc1F)N1CCCC1)C1CCOCC1. The summed E-state index contributed by atoms with van der Waals surface area (Å²) in [6.45, 7) is 3.71. The second-order valence-corrected chi connectivity index (χ2v) is 6.41. The number of rotatable bonds is 5. The van der Waals surface area contributed by atoms with Gasteiger partial charge in [0.1, 0.15) is 5.82 Å². The molecule has 2 aliphatic heterocycles. The highest BCUT2D eigenvalue weighted by molar-refractivity contribution is 5.78. The van der Waals surface area contributed by atoms with Crippen LogP contribution in [0.1, 0.15) is 37.3 Å². The van der Waals surface area contributed by atoms with Gasteiger partial charge in [0.25, 0.3) is 0 Å². The van der Waals surface area contributed by atoms with Crippen LogP contribution < -0.4 is 5.32 Å². The largest absolute Gasteiger partial charge is 0.381 e. The fraction of sp³-hybridized carbons (Fsp3) is 0.611. The Balaban J connectivity index is 1.66. The van der Waals surface area contributed by atoms with Crippen LogP contribution in [-0.4, -0.2) is 43.7 Å². The highest BCUT2D eigenvalue weighted by Gasteiger charge is 2.27. The number of hydrogen-bond donors (Lipinski definition) is 1. The standard InChI is InChI=1S/C18H25FN2O2/c19-16-6-2-1-5-15(16)17(21-9-3-4-10-21)13-20-18(22)14-7-11-23-12-8-14/h1-2,5-6,14,17H,3-4,7-13H2,(H,20,22). The monoisotopic (exact) mass is 320 g/mol. The smallest absolute Gasteiger partial charge is 0.223 e. The molecule has 2 fully saturated rings. The zero-order valence-corrected chi connectivity index (χ0v) is 13.5. The van der Waals surface area contributed by atoms with E-state index in [0.29, 0.717) is 25.3 Å². The van der Waals surface area contributed by atoms with E-state index in [9.17, 15) is 9.18 Å². The van der Waals surface area contributed by atoms with Gasteiger partial charge in [-0.05, 0) is 44.8 Å². The molecule has 4 nitrogen and oxygen atoms in total. The number of likely N-dealkylation sites (tertiary alicyclic amines) is 1. The summed E-state index contributed by atoms with van der Waals surface area (Å²) in [5.74, 6) is -0.0813. The van der Waals surface area contributed by atoms with Gasteiger partial charge in [-0.3, -0.25) is 9.69 Å². The molecule has 2 aliphatic rings. The van der Waals surface area contributed by atoms with Crippen molar-refractivity contribution in [2.45, 2.75) is 31.7 Å². The predicted molar refractivity (Wildman–Crippen MR) is 86.5 cm³/mol. The summed E-state index contributed by atoms with van der Waals surface area (Å²) in [6.07, 6.45) is 3.83. The third kappa shape index (κ3) is 4.09. The van der Waals surface area contributed by atoms with Crippen LogP contribution >= 0.6 is 0 Å². The Labute approximate surface area is 137 Å². The van der Waals surface area contributed by atoms with E-state index in [-0.39, 0.29) is 23.7 Å². The summed E-state index contributed by atoms with van der Waals surface area (Å²) in [5.41, 5.74) is 0.682. The Morgan fingerprint density at radius 2 is 1.96 bits per heavy atom. The molecule has 0 aromatic heterocycles. The van der Waals surface area contributed by atoms with E-state index < -0.39 is 0 Å². The lowest BCUT2D eigenvalue weighted by molar-refractivity contribution is -0.128. The third-order valence-corrected chi connectivity index (χ3v) is 4.91. The lowest BCUT2D eigenvalue weighted by Crippen LogP contribution is -2.40. The molecule has 0 aliphatic carbocycles. The molecule has 0 saturated carbocycles. The molecule has 0 radical (unpaired) electrons. The summed E-state index contributed by atoms with van der Waals surface area (Å²) in [5, 5.41) is 3.05. The topological polar surface area (TPSA) is 41.6 Å². The first-order valence-electron chi connectivity index (χ1n) is 8.59. The Morgan fingerprint density at radius 1 is 1.26 bits per heavy atom. The normalized spacial score (nSPS) is 21.3. The van der Waals surface area contributed by atoms with Crippen molar-refractivity contribution in [3.63, 3.8) is 0 Å². The Bertz CT molecular complexity index is 526. The van der Waals surface area contributed by atoms with E-state index in [1.165, 1.54) is 6.07 Å². The molecule has 5 heteroatoms. The number of hydrogen-bond acceptors (Lipinski definition) is 3. The van der Waals surface area contributed by atoms with Crippen LogP contribution in [0.4, 0.5) is 4.39 Å². The van der Waals surface area contributed by atoms with Gasteiger partial charge in [0.05, 0.1) is 6.04 Å². The van der Waals surface area contributed by atoms with E-state index in [4.69, 9.17) is 4.74 Å². The van der Waals surface area contributed by atoms with Crippen molar-refractivity contribution in [2.24, 2.45) is 5.92 Å². The molecule has 3 rings (SSSR count). The molecular formula is C18H25FN2O2. The van der Waals surface area contributed by atoms with Crippen LogP contribution in [-0.2, 0) is 9.53 Å². The summed E-state index contributed by atoms with van der Waals surface area (Å²) in [4.78, 5) is 14.6. The lowest BCUT2D eigenvalue weighted by atomic mass is 9.99. The maximum absolute atomic E-state index is 14.2. The van der Waals surface area contributed by atoms with Crippen molar-refractivity contribution in [3.05, 3.63) is 35.6 Å². The van der Waals surface area contributed by atoms with Gasteiger partial charge in [0.2, 0.25) is 5.91 Å². The zero-order chi connectivity index (χ0) is 16.1. The maximum atomic E-state index is 14.2. The van der Waals surface area contributed by atoms with Crippen LogP contribution in [0.3, 0.4) is 0 Å². The van der Waals surface area contributed by atoms with Crippen molar-refractivity contribution in [3.8, 4) is 0 Å². The van der Waals surface area contributed by atoms with Crippen LogP contribution in [0.5, 0.6) is 0 Å². The Hall–Kier alpha value is -1.46. The fourth-order valence-corrected chi connectivity index (χ4v) is 3.54. The van der Waals surface area contributed by atoms with Crippen molar-refractivity contribution in [2.75, 3.05) is 32.8 Å². The van der Waals surface area contributed by atoms with E-state index in [2.05, 4.69) is 10.2 Å². The van der Waals surface area contributed by atoms with Crippen molar-refractivity contribution < 1.29 is 13.9 Å². The van der Waals surface area contributed by atoms with Crippen molar-refractivity contribution >= 4 is 5.91 Å². The van der Waals surface area contributed by atoms with Crippen molar-refractivity contribution in [1.29, 1.82) is 0 Å². The molecule has 23 heavy (non-hydrogen) atoms. The fourth-order valence-electron chi connectivity index (χ4n) is 3.54. The molecule has 1 aromatic rings. The zero-order valence-electron chi connectivity index (χ0n) is 13.5. The molecule has 1 atom stereocenters. The summed E-state index contributed by atoms with van der Waals surface area (Å²) in [6, 6.07) is 6.82. The van der Waals surface area contributed by atoms with Gasteiger partial charge >= 0.3 is 0 Å². The van der Waals surface area contributed by atoms with E-state index in [0.717, 1.165) is 38.8 Å². The number of nitrogens with one attached hydrogen (secondary N) is 1. The first kappa shape index (κ1) is 16.4. The lowest BCUT2D eigenvalue weighted by Gasteiger charge is -2.29. The minimum absolute atomic E-state index is 0.0311. The molecule has 1 N–H and O–H groups in total. The van der Waals surface area contributed by atoms with Crippen LogP contribution in [0, 0.1) is 11.7 Å². The van der Waals surface area contributed by atoms with Crippen molar-refractivity contribution in [1.82, 2.24) is 10.2 Å². The molecular weight excluding hydrogens is 295 g/mol. The second kappa shape index (κ2) is 7.88. The summed E-state index contributed by atoms with van der Waals surface area (Å²) in [7, 11) is 0. The van der Waals surface area contributed by atoms with Gasteiger partial charge in [-0.15, -0.1) is 0 Å². The summed E-state index contributed by atoms with van der Waals surface area (Å²) < 4.78 is 19.5. The number of carbonyl (C=O) groups excluding carboxylic acids is 1. The first-order chi connectivity index (χ1) is 11.3. The summed E-state index contributed by atoms with van der Waals surface area (Å²) >= 11 is 0. The number of ether oxygens (including phenoxy) is 1. The van der Waals surface area contributed by atoms with Gasteiger partial charge < -0.3 is 10.1 Å². The predicted octanol–water partition coefficient (Wildman–Crippen LogP) is 2.51. The average molecular weight is 320 g/mol. The van der Waals surface area contributed by atoms with E-state index in [1.54, 1.807) is 6.07 Å². The van der Waals surface area contributed by atoms with Gasteiger partial charge in [-0.1, -0.05) is 18.2 Å². The minimum atomic E-state index is -0.190. The third-order valence-electron chi connectivity index (χ3n) is 4.91. The van der Waals surface area contributed by atoms with Gasteiger partial charge in [0.15, 0.2) is 0 Å². The van der Waals surface area contributed by atoms with Gasteiger partial charge in [-0.2, -0.15) is 0 Å². The minimum Gasteiger partial charge on any atom is -0.381 e. The van der Waals surface area contributed by atoms with Gasteiger partial charge in [0, 0.05) is 31.2 Å². The maximum Gasteiger partial charge on any atom is 0.223 e. The number of carbonyl (C=O) groups is 1. The Morgan fingerprint density at radius 3 is 2.65 bits per heavy atom. The highest BCUT2D eigenvalue weighted by Crippen LogP contribution is 2.26. The van der Waals surface area contributed by atoms with E-state index >= 15 is 0 Å². The molecule has 1 aromatic carbocycles. The quantitative estimate of drug-likeness (QED) is 0.906. The van der Waals surface area contributed by atoms with E-state index in [1.807, 2.05) is 12.1 Å². The average Bonchev–Trinajstić information content (AvgIpc) is 3.11. The van der Waals surface area contributed by atoms with Crippen LogP contribution in [0.15, 0.2) is 24.3 Å². The first-order valence-corrected chi connectivity index (χ1v) is 8.59. The highest BCUT2D eigenvalue weighted by atomic mass is 19.1. The number of amides is 1. The molecule has 126 valence electrons. The molecule has 0 spiro atoms.